The molecular weight excluding hydrogens is 729 g/mol. The van der Waals surface area contributed by atoms with Gasteiger partial charge in [0, 0.05) is 12.8 Å². The van der Waals surface area contributed by atoms with Crippen LogP contribution in [0.4, 0.5) is 0 Å². The maximum atomic E-state index is 12.7. The molecule has 0 saturated carbocycles. The zero-order valence-electron chi connectivity index (χ0n) is 36.2. The van der Waals surface area contributed by atoms with Crippen LogP contribution >= 0.6 is 7.82 Å². The molecule has 0 saturated heterocycles. The van der Waals surface area contributed by atoms with Crippen LogP contribution in [0.1, 0.15) is 168 Å². The van der Waals surface area contributed by atoms with E-state index in [1.165, 1.54) is 83.5 Å². The van der Waals surface area contributed by atoms with Crippen LogP contribution in [0.25, 0.3) is 0 Å². The van der Waals surface area contributed by atoms with E-state index in [1.807, 2.05) is 33.3 Å². The lowest BCUT2D eigenvalue weighted by Gasteiger charge is -2.24. The van der Waals surface area contributed by atoms with Crippen LogP contribution in [0, 0.1) is 0 Å². The molecule has 0 amide bonds. The van der Waals surface area contributed by atoms with Gasteiger partial charge in [0.2, 0.25) is 0 Å². The summed E-state index contributed by atoms with van der Waals surface area (Å²) in [6.45, 7) is 4.17. The molecule has 56 heavy (non-hydrogen) atoms. The smallest absolute Gasteiger partial charge is 0.462 e. The molecule has 11 heteroatoms. The van der Waals surface area contributed by atoms with Crippen LogP contribution in [-0.4, -0.2) is 86.1 Å². The molecule has 326 valence electrons. The molecule has 0 rings (SSSR count). The molecule has 3 atom stereocenters. The normalized spacial score (nSPS) is 14.6. The average molecular weight is 813 g/mol. The highest BCUT2D eigenvalue weighted by molar-refractivity contribution is 7.47. The zero-order chi connectivity index (χ0) is 41.6. The zero-order valence-corrected chi connectivity index (χ0v) is 37.1. The second-order valence-electron chi connectivity index (χ2n) is 15.9. The number of esters is 2. The van der Waals surface area contributed by atoms with Crippen molar-refractivity contribution in [1.82, 2.24) is 0 Å². The molecule has 0 heterocycles. The lowest BCUT2D eigenvalue weighted by Crippen LogP contribution is -2.37. The highest BCUT2D eigenvalue weighted by Gasteiger charge is 2.27. The second kappa shape index (κ2) is 37.2. The minimum absolute atomic E-state index is 0.00186. The fraction of sp³-hybridized carbons (Fsp3) is 0.778. The predicted octanol–water partition coefficient (Wildman–Crippen LogP) is 11.3. The molecule has 0 radical (unpaired) electrons. The molecule has 0 aromatic rings. The fourth-order valence-corrected chi connectivity index (χ4v) is 6.45. The minimum atomic E-state index is -4.42. The van der Waals surface area contributed by atoms with Gasteiger partial charge in [-0.2, -0.15) is 0 Å². The standard InChI is InChI=1S/C45H82NO9P/c1-6-8-10-12-14-16-18-20-22-24-26-28-30-32-36-45(49)55-43(41-54-56(50,51)53-39-38-46(3,4)5)40-52-44(48)37-33-35-42(47)34-31-29-27-25-23-21-19-17-15-13-11-9-7-2/h15,17,21,23,27,29,31,34,42-43,47H,6-14,16,18-20,22,24-26,28,30,32-33,35-41H2,1-5H3/p+1/b17-15-,23-21-,29-27-,34-31+/t42-,43-/m1/s1. The third kappa shape index (κ3) is 40.1. The molecular formula is C45H83NO9P+. The number of hydrogen-bond donors (Lipinski definition) is 2. The molecule has 0 aliphatic rings. The van der Waals surface area contributed by atoms with Gasteiger partial charge in [-0.15, -0.1) is 0 Å². The highest BCUT2D eigenvalue weighted by atomic mass is 31.2. The van der Waals surface area contributed by atoms with Gasteiger partial charge < -0.3 is 24.0 Å². The van der Waals surface area contributed by atoms with Gasteiger partial charge in [0.25, 0.3) is 0 Å². The summed E-state index contributed by atoms with van der Waals surface area (Å²) in [6.07, 6.45) is 39.0. The van der Waals surface area contributed by atoms with E-state index in [0.29, 0.717) is 30.3 Å². The van der Waals surface area contributed by atoms with E-state index in [-0.39, 0.29) is 26.1 Å². The Labute approximate surface area is 342 Å². The topological polar surface area (TPSA) is 129 Å². The number of ether oxygens (including phenoxy) is 2. The molecule has 0 bridgehead atoms. The number of quaternary nitrogens is 1. The van der Waals surface area contributed by atoms with Crippen molar-refractivity contribution in [3.63, 3.8) is 0 Å². The molecule has 0 spiro atoms. The minimum Gasteiger partial charge on any atom is -0.462 e. The van der Waals surface area contributed by atoms with Gasteiger partial charge in [-0.3, -0.25) is 18.6 Å². The first-order chi connectivity index (χ1) is 26.9. The molecule has 0 aromatic heterocycles. The summed E-state index contributed by atoms with van der Waals surface area (Å²) in [5.74, 6) is -0.999. The molecule has 2 N–H and O–H groups in total. The third-order valence-electron chi connectivity index (χ3n) is 9.22. The van der Waals surface area contributed by atoms with Crippen LogP contribution in [0.3, 0.4) is 0 Å². The Bertz CT molecular complexity index is 1120. The third-order valence-corrected chi connectivity index (χ3v) is 10.2. The van der Waals surface area contributed by atoms with Gasteiger partial charge in [0.05, 0.1) is 33.9 Å². The van der Waals surface area contributed by atoms with Gasteiger partial charge in [-0.1, -0.05) is 159 Å². The van der Waals surface area contributed by atoms with Gasteiger partial charge in [0.15, 0.2) is 6.10 Å². The van der Waals surface area contributed by atoms with E-state index < -0.39 is 38.6 Å². The lowest BCUT2D eigenvalue weighted by molar-refractivity contribution is -0.870. The number of phosphoric acid groups is 1. The SMILES string of the molecule is CCCCC/C=C\C/C=C\C/C=C\C=C\[C@@H](O)CCCC(=O)OC[C@H](COP(=O)(O)OCC[N+](C)(C)C)OC(=O)CCCCCCCCCCCCCCCC. The van der Waals surface area contributed by atoms with Gasteiger partial charge in [-0.05, 0) is 44.9 Å². The highest BCUT2D eigenvalue weighted by Crippen LogP contribution is 2.43. The van der Waals surface area contributed by atoms with Gasteiger partial charge in [-0.25, -0.2) is 4.57 Å². The van der Waals surface area contributed by atoms with Crippen LogP contribution in [0.5, 0.6) is 0 Å². The second-order valence-corrected chi connectivity index (χ2v) is 17.4. The number of unbranched alkanes of at least 4 members (excludes halogenated alkanes) is 16. The number of carbonyl (C=O) groups excluding carboxylic acids is 2. The number of nitrogens with zero attached hydrogens (tertiary/aromatic N) is 1. The number of aliphatic hydroxyl groups is 1. The summed E-state index contributed by atoms with van der Waals surface area (Å²) in [4.78, 5) is 35.4. The number of phosphoric ester groups is 1. The molecule has 0 aromatic carbocycles. The molecule has 1 unspecified atom stereocenters. The Hall–Kier alpha value is -2.07. The van der Waals surface area contributed by atoms with Crippen molar-refractivity contribution in [1.29, 1.82) is 0 Å². The Kier molecular flexibility index (Phi) is 35.8. The summed E-state index contributed by atoms with van der Waals surface area (Å²) in [6, 6.07) is 0. The van der Waals surface area contributed by atoms with Crippen molar-refractivity contribution in [2.75, 3.05) is 47.5 Å². The number of rotatable bonds is 39. The van der Waals surface area contributed by atoms with Crippen LogP contribution in [0.15, 0.2) is 48.6 Å². The van der Waals surface area contributed by atoms with E-state index in [9.17, 15) is 24.2 Å². The van der Waals surface area contributed by atoms with E-state index in [0.717, 1.165) is 38.5 Å². The monoisotopic (exact) mass is 813 g/mol. The van der Waals surface area contributed by atoms with Crippen molar-refractivity contribution in [3.05, 3.63) is 48.6 Å². The maximum Gasteiger partial charge on any atom is 0.472 e. The van der Waals surface area contributed by atoms with Crippen molar-refractivity contribution < 1.29 is 47.2 Å². The quantitative estimate of drug-likeness (QED) is 0.0156. The van der Waals surface area contributed by atoms with E-state index >= 15 is 0 Å². The fourth-order valence-electron chi connectivity index (χ4n) is 5.70. The van der Waals surface area contributed by atoms with E-state index in [1.54, 1.807) is 12.2 Å². The number of carbonyl (C=O) groups is 2. The van der Waals surface area contributed by atoms with E-state index in [4.69, 9.17) is 18.5 Å². The largest absolute Gasteiger partial charge is 0.472 e. The molecule has 0 aliphatic carbocycles. The van der Waals surface area contributed by atoms with Crippen LogP contribution in [0.2, 0.25) is 0 Å². The number of allylic oxidation sites excluding steroid dienone is 7. The summed E-state index contributed by atoms with van der Waals surface area (Å²) in [5, 5.41) is 10.3. The Morgan fingerprint density at radius 3 is 1.79 bits per heavy atom. The van der Waals surface area contributed by atoms with Crippen molar-refractivity contribution in [2.24, 2.45) is 0 Å². The van der Waals surface area contributed by atoms with Crippen molar-refractivity contribution >= 4 is 19.8 Å². The number of likely N-dealkylation sites (N-methyl/N-ethyl adjacent to an activating group) is 1. The van der Waals surface area contributed by atoms with Gasteiger partial charge in [0.1, 0.15) is 19.8 Å². The van der Waals surface area contributed by atoms with E-state index in [2.05, 4.69) is 38.2 Å². The first-order valence-electron chi connectivity index (χ1n) is 22.0. The summed E-state index contributed by atoms with van der Waals surface area (Å²) >= 11 is 0. The van der Waals surface area contributed by atoms with Crippen molar-refractivity contribution in [3.8, 4) is 0 Å². The molecule has 0 fully saturated rings. The molecule has 10 nitrogen and oxygen atoms in total. The van der Waals surface area contributed by atoms with Gasteiger partial charge >= 0.3 is 19.8 Å². The first kappa shape index (κ1) is 53.9. The van der Waals surface area contributed by atoms with Crippen LogP contribution < -0.4 is 0 Å². The molecule has 0 aliphatic heterocycles. The summed E-state index contributed by atoms with van der Waals surface area (Å²) in [7, 11) is 1.37. The lowest BCUT2D eigenvalue weighted by atomic mass is 10.0. The number of aliphatic hydroxyl groups excluding tert-OH is 1. The first-order valence-corrected chi connectivity index (χ1v) is 23.5. The van der Waals surface area contributed by atoms with Crippen molar-refractivity contribution in [2.45, 2.75) is 180 Å². The Balaban J connectivity index is 4.55. The van der Waals surface area contributed by atoms with Crippen LogP contribution in [-0.2, 0) is 32.7 Å². The maximum absolute atomic E-state index is 12.7. The Morgan fingerprint density at radius 1 is 0.643 bits per heavy atom. The predicted molar refractivity (Wildman–Crippen MR) is 230 cm³/mol. The average Bonchev–Trinajstić information content (AvgIpc) is 3.14. The summed E-state index contributed by atoms with van der Waals surface area (Å²) in [5.41, 5.74) is 0. The summed E-state index contributed by atoms with van der Waals surface area (Å²) < 4.78 is 34.1. The number of hydrogen-bond acceptors (Lipinski definition) is 8. The Morgan fingerprint density at radius 2 is 1.18 bits per heavy atom.